The monoisotopic (exact) mass is 360 g/mol. The van der Waals surface area contributed by atoms with Gasteiger partial charge >= 0.3 is 0 Å². The maximum absolute atomic E-state index is 13.1. The third-order valence-electron chi connectivity index (χ3n) is 4.04. The number of amides is 1. The van der Waals surface area contributed by atoms with E-state index in [9.17, 15) is 4.79 Å². The van der Waals surface area contributed by atoms with E-state index in [1.165, 1.54) is 5.01 Å². The Morgan fingerprint density at radius 3 is 1.81 bits per heavy atom. The minimum Gasteiger partial charge on any atom is -0.280 e. The molecule has 3 nitrogen and oxygen atoms in total. The van der Waals surface area contributed by atoms with Crippen LogP contribution in [0.3, 0.4) is 0 Å². The number of benzene rings is 3. The van der Waals surface area contributed by atoms with Crippen molar-refractivity contribution in [1.29, 1.82) is 0 Å². The number of carbonyl (C=O) groups is 1. The zero-order valence-corrected chi connectivity index (χ0v) is 15.6. The van der Waals surface area contributed by atoms with Crippen molar-refractivity contribution in [2.75, 3.05) is 5.01 Å². The summed E-state index contributed by atoms with van der Waals surface area (Å²) in [5.74, 6) is -0.161. The molecule has 0 aliphatic heterocycles. The van der Waals surface area contributed by atoms with Crippen molar-refractivity contribution in [3.05, 3.63) is 101 Å². The Morgan fingerprint density at radius 2 is 1.27 bits per heavy atom. The topological polar surface area (TPSA) is 32.3 Å². The highest BCUT2D eigenvalue weighted by Gasteiger charge is 2.19. The summed E-state index contributed by atoms with van der Waals surface area (Å²) in [6.45, 7) is 4.02. The number of aryl methyl sites for hydroxylation is 2. The normalized spacial score (nSPS) is 10.2. The van der Waals surface area contributed by atoms with E-state index in [2.05, 4.69) is 5.43 Å². The summed E-state index contributed by atoms with van der Waals surface area (Å²) < 4.78 is 0. The highest BCUT2D eigenvalue weighted by Crippen LogP contribution is 2.16. The minimum absolute atomic E-state index is 0.161. The first-order chi connectivity index (χ1) is 12.5. The molecule has 0 unspecified atom stereocenters. The van der Waals surface area contributed by atoms with Gasteiger partial charge in [-0.05, 0) is 38.1 Å². The van der Waals surface area contributed by atoms with E-state index in [4.69, 9.17) is 12.2 Å². The lowest BCUT2D eigenvalue weighted by molar-refractivity contribution is 0.0981. The van der Waals surface area contributed by atoms with Crippen LogP contribution in [0.5, 0.6) is 0 Å². The smallest absolute Gasteiger partial charge is 0.276 e. The Labute approximate surface area is 159 Å². The predicted molar refractivity (Wildman–Crippen MR) is 110 cm³/mol. The van der Waals surface area contributed by atoms with Gasteiger partial charge in [-0.15, -0.1) is 0 Å². The molecule has 0 atom stereocenters. The fraction of sp³-hybridized carbons (Fsp3) is 0.0909. The number of nitrogens with one attached hydrogen (secondary N) is 1. The summed E-state index contributed by atoms with van der Waals surface area (Å²) in [6, 6.07) is 24.8. The van der Waals surface area contributed by atoms with Gasteiger partial charge in [0.2, 0.25) is 0 Å². The molecule has 3 rings (SSSR count). The van der Waals surface area contributed by atoms with E-state index in [0.29, 0.717) is 10.6 Å². The van der Waals surface area contributed by atoms with Gasteiger partial charge in [-0.1, -0.05) is 77.9 Å². The highest BCUT2D eigenvalue weighted by molar-refractivity contribution is 7.80. The van der Waals surface area contributed by atoms with Crippen molar-refractivity contribution in [2.45, 2.75) is 13.8 Å². The van der Waals surface area contributed by atoms with Crippen LogP contribution in [0, 0.1) is 13.8 Å². The van der Waals surface area contributed by atoms with Crippen LogP contribution in [0.15, 0.2) is 78.9 Å². The quantitative estimate of drug-likeness (QED) is 0.536. The average molecular weight is 360 g/mol. The summed E-state index contributed by atoms with van der Waals surface area (Å²) in [6.07, 6.45) is 0. The number of nitrogens with zero attached hydrogens (tertiary/aromatic N) is 1. The average Bonchev–Trinajstić information content (AvgIpc) is 2.67. The van der Waals surface area contributed by atoms with Crippen molar-refractivity contribution in [1.82, 2.24) is 5.43 Å². The van der Waals surface area contributed by atoms with Gasteiger partial charge in [-0.2, -0.15) is 0 Å². The summed E-state index contributed by atoms with van der Waals surface area (Å²) >= 11 is 5.53. The maximum Gasteiger partial charge on any atom is 0.276 e. The Kier molecular flexibility index (Phi) is 5.44. The molecule has 0 radical (unpaired) electrons. The Morgan fingerprint density at radius 1 is 0.769 bits per heavy atom. The van der Waals surface area contributed by atoms with Crippen molar-refractivity contribution < 1.29 is 4.79 Å². The predicted octanol–water partition coefficient (Wildman–Crippen LogP) is 4.83. The summed E-state index contributed by atoms with van der Waals surface area (Å²) in [4.78, 5) is 13.6. The molecular formula is C22H20N2OS. The molecule has 0 aliphatic rings. The van der Waals surface area contributed by atoms with E-state index < -0.39 is 0 Å². The molecule has 4 heteroatoms. The number of anilines is 1. The largest absolute Gasteiger partial charge is 0.280 e. The van der Waals surface area contributed by atoms with Crippen LogP contribution in [-0.2, 0) is 0 Å². The summed E-state index contributed by atoms with van der Waals surface area (Å²) in [7, 11) is 0. The minimum atomic E-state index is -0.161. The molecule has 1 N–H and O–H groups in total. The van der Waals surface area contributed by atoms with Crippen LogP contribution in [0.1, 0.15) is 27.0 Å². The lowest BCUT2D eigenvalue weighted by atomic mass is 10.1. The Balaban J connectivity index is 1.91. The molecule has 0 saturated carbocycles. The Bertz CT molecular complexity index is 903. The number of para-hydroxylation sites is 1. The highest BCUT2D eigenvalue weighted by atomic mass is 32.1. The molecule has 0 spiro atoms. The van der Waals surface area contributed by atoms with Gasteiger partial charge in [0.05, 0.1) is 5.69 Å². The van der Waals surface area contributed by atoms with E-state index in [0.717, 1.165) is 22.4 Å². The molecule has 3 aromatic rings. The number of thiocarbonyl (C=S) groups is 1. The van der Waals surface area contributed by atoms with Crippen molar-refractivity contribution >= 4 is 28.8 Å². The van der Waals surface area contributed by atoms with Gasteiger partial charge in [-0.3, -0.25) is 10.2 Å². The van der Waals surface area contributed by atoms with Crippen LogP contribution in [0.4, 0.5) is 5.69 Å². The fourth-order valence-corrected chi connectivity index (χ4v) is 2.73. The van der Waals surface area contributed by atoms with Gasteiger partial charge in [-0.25, -0.2) is 5.01 Å². The number of carbonyl (C=O) groups excluding carboxylic acids is 1. The van der Waals surface area contributed by atoms with Crippen LogP contribution in [-0.4, -0.2) is 10.9 Å². The molecular weight excluding hydrogens is 340 g/mol. The summed E-state index contributed by atoms with van der Waals surface area (Å²) in [5, 5.41) is 1.49. The third-order valence-corrected chi connectivity index (χ3v) is 4.37. The second-order valence-electron chi connectivity index (χ2n) is 6.15. The van der Waals surface area contributed by atoms with Crippen LogP contribution in [0.25, 0.3) is 0 Å². The van der Waals surface area contributed by atoms with Crippen molar-refractivity contribution in [3.63, 3.8) is 0 Å². The van der Waals surface area contributed by atoms with Crippen molar-refractivity contribution in [2.24, 2.45) is 0 Å². The van der Waals surface area contributed by atoms with Crippen molar-refractivity contribution in [3.8, 4) is 0 Å². The second-order valence-corrected chi connectivity index (χ2v) is 6.56. The van der Waals surface area contributed by atoms with E-state index in [1.54, 1.807) is 0 Å². The number of hydrazine groups is 1. The van der Waals surface area contributed by atoms with Crippen LogP contribution < -0.4 is 10.4 Å². The number of hydrogen-bond donors (Lipinski definition) is 1. The number of rotatable bonds is 3. The van der Waals surface area contributed by atoms with Gasteiger partial charge in [0.1, 0.15) is 4.99 Å². The van der Waals surface area contributed by atoms with E-state index >= 15 is 0 Å². The first-order valence-corrected chi connectivity index (χ1v) is 8.79. The van der Waals surface area contributed by atoms with E-state index in [1.807, 2.05) is 92.7 Å². The van der Waals surface area contributed by atoms with Crippen LogP contribution in [0.2, 0.25) is 0 Å². The molecule has 3 aromatic carbocycles. The lowest BCUT2D eigenvalue weighted by Crippen LogP contribution is -2.46. The van der Waals surface area contributed by atoms with Gasteiger partial charge in [0.15, 0.2) is 0 Å². The zero-order chi connectivity index (χ0) is 18.5. The molecule has 130 valence electrons. The fourth-order valence-electron chi connectivity index (χ4n) is 2.51. The van der Waals surface area contributed by atoms with Gasteiger partial charge in [0, 0.05) is 11.1 Å². The zero-order valence-electron chi connectivity index (χ0n) is 14.8. The molecule has 0 aliphatic carbocycles. The SMILES string of the molecule is Cc1ccc(C(=O)N(NC(=S)c2ccc(C)cc2)c2ccccc2)cc1. The van der Waals surface area contributed by atoms with Gasteiger partial charge in [0.25, 0.3) is 5.91 Å². The first-order valence-electron chi connectivity index (χ1n) is 8.38. The second kappa shape index (κ2) is 7.93. The van der Waals surface area contributed by atoms with E-state index in [-0.39, 0.29) is 5.91 Å². The molecule has 0 heterocycles. The molecule has 26 heavy (non-hydrogen) atoms. The summed E-state index contributed by atoms with van der Waals surface area (Å²) in [5.41, 5.74) is 7.55. The molecule has 0 fully saturated rings. The Hall–Kier alpha value is -2.98. The van der Waals surface area contributed by atoms with Gasteiger partial charge < -0.3 is 0 Å². The maximum atomic E-state index is 13.1. The molecule has 0 aromatic heterocycles. The number of hydrogen-bond acceptors (Lipinski definition) is 2. The molecule has 1 amide bonds. The molecule has 0 saturated heterocycles. The standard InChI is InChI=1S/C22H20N2OS/c1-16-8-12-18(13-9-16)21(26)23-24(20-6-4-3-5-7-20)22(25)19-14-10-17(2)11-15-19/h3-15H,1-2H3,(H,23,26). The van der Waals surface area contributed by atoms with Crippen LogP contribution >= 0.6 is 12.2 Å². The first kappa shape index (κ1) is 17.8. The molecule has 0 bridgehead atoms. The lowest BCUT2D eigenvalue weighted by Gasteiger charge is -2.25. The third kappa shape index (κ3) is 4.16.